The van der Waals surface area contributed by atoms with Crippen molar-refractivity contribution in [3.63, 3.8) is 0 Å². The van der Waals surface area contributed by atoms with E-state index >= 15 is 0 Å². The third-order valence-electron chi connectivity index (χ3n) is 4.23. The molecule has 0 amide bonds. The van der Waals surface area contributed by atoms with Crippen molar-refractivity contribution in [2.24, 2.45) is 0 Å². The molecule has 6 heteroatoms. The highest BCUT2D eigenvalue weighted by Gasteiger charge is 2.48. The highest BCUT2D eigenvalue weighted by Crippen LogP contribution is 2.49. The topological polar surface area (TPSA) is 70.4 Å². The van der Waals surface area contributed by atoms with E-state index in [0.717, 1.165) is 29.5 Å². The normalized spacial score (nSPS) is 15.6. The van der Waals surface area contributed by atoms with E-state index in [1.54, 1.807) is 20.1 Å². The van der Waals surface area contributed by atoms with Crippen LogP contribution in [0.15, 0.2) is 23.0 Å². The summed E-state index contributed by atoms with van der Waals surface area (Å²) in [6, 6.07) is 5.62. The van der Waals surface area contributed by atoms with Gasteiger partial charge in [-0.15, -0.1) is 0 Å². The van der Waals surface area contributed by atoms with E-state index in [2.05, 4.69) is 5.10 Å². The summed E-state index contributed by atoms with van der Waals surface area (Å²) >= 11 is 0. The van der Waals surface area contributed by atoms with Gasteiger partial charge in [0.15, 0.2) is 0 Å². The molecule has 0 spiro atoms. The first-order chi connectivity index (χ1) is 11.0. The van der Waals surface area contributed by atoms with Gasteiger partial charge in [0.25, 0.3) is 5.56 Å². The van der Waals surface area contributed by atoms with Crippen LogP contribution >= 0.6 is 0 Å². The summed E-state index contributed by atoms with van der Waals surface area (Å²) in [5.41, 5.74) is 1.04. The molecule has 0 radical (unpaired) electrons. The van der Waals surface area contributed by atoms with Crippen LogP contribution in [0, 0.1) is 6.92 Å². The second-order valence-electron chi connectivity index (χ2n) is 5.86. The van der Waals surface area contributed by atoms with Gasteiger partial charge in [0, 0.05) is 12.5 Å². The summed E-state index contributed by atoms with van der Waals surface area (Å²) in [4.78, 5) is 24.4. The van der Waals surface area contributed by atoms with E-state index in [0.29, 0.717) is 5.39 Å². The molecule has 3 rings (SSSR count). The number of carbonyl (C=O) groups excluding carboxylic acids is 1. The Morgan fingerprint density at radius 2 is 2.09 bits per heavy atom. The van der Waals surface area contributed by atoms with Crippen molar-refractivity contribution in [1.29, 1.82) is 0 Å². The predicted molar refractivity (Wildman–Crippen MR) is 85.3 cm³/mol. The number of fused-ring (bicyclic) bond motifs is 1. The van der Waals surface area contributed by atoms with Crippen LogP contribution in [0.2, 0.25) is 0 Å². The van der Waals surface area contributed by atoms with E-state index < -0.39 is 11.6 Å². The average molecular weight is 316 g/mol. The number of aromatic nitrogens is 2. The van der Waals surface area contributed by atoms with Crippen molar-refractivity contribution >= 4 is 16.7 Å². The van der Waals surface area contributed by atoms with Gasteiger partial charge in [-0.25, -0.2) is 4.68 Å². The number of hydrogen-bond acceptors (Lipinski definition) is 5. The fourth-order valence-corrected chi connectivity index (χ4v) is 2.82. The number of hydrogen-bond donors (Lipinski definition) is 0. The van der Waals surface area contributed by atoms with Crippen molar-refractivity contribution in [1.82, 2.24) is 9.78 Å². The minimum Gasteiger partial charge on any atom is -0.465 e. The first kappa shape index (κ1) is 15.7. The molecular formula is C17H20N2O4. The summed E-state index contributed by atoms with van der Waals surface area (Å²) in [5.74, 6) is -0.471. The Balaban J connectivity index is 2.19. The largest absolute Gasteiger partial charge is 0.465 e. The van der Waals surface area contributed by atoms with Crippen LogP contribution in [-0.2, 0) is 26.4 Å². The number of carbonyl (C=O) groups is 1. The van der Waals surface area contributed by atoms with E-state index in [4.69, 9.17) is 9.47 Å². The Bertz CT molecular complexity index is 821. The molecule has 1 aromatic heterocycles. The maximum absolute atomic E-state index is 12.6. The van der Waals surface area contributed by atoms with Gasteiger partial charge in [-0.2, -0.15) is 5.10 Å². The lowest BCUT2D eigenvalue weighted by Crippen LogP contribution is -2.31. The smallest absolute Gasteiger partial charge is 0.327 e. The van der Waals surface area contributed by atoms with Crippen molar-refractivity contribution in [2.75, 3.05) is 13.7 Å². The van der Waals surface area contributed by atoms with Crippen molar-refractivity contribution in [3.05, 3.63) is 39.8 Å². The molecule has 0 aliphatic heterocycles. The molecule has 23 heavy (non-hydrogen) atoms. The quantitative estimate of drug-likeness (QED) is 0.788. The number of nitrogens with zero attached hydrogens (tertiary/aromatic N) is 2. The Hall–Kier alpha value is -2.21. The first-order valence-corrected chi connectivity index (χ1v) is 7.73. The molecule has 2 aromatic rings. The highest BCUT2D eigenvalue weighted by molar-refractivity contribution is 5.85. The number of rotatable bonds is 5. The summed E-state index contributed by atoms with van der Waals surface area (Å²) in [6.45, 7) is 3.78. The van der Waals surface area contributed by atoms with E-state index in [9.17, 15) is 9.59 Å². The monoisotopic (exact) mass is 316 g/mol. The number of benzene rings is 1. The molecular weight excluding hydrogens is 296 g/mol. The zero-order chi connectivity index (χ0) is 16.6. The van der Waals surface area contributed by atoms with Gasteiger partial charge in [0.05, 0.1) is 12.0 Å². The lowest BCUT2D eigenvalue weighted by Gasteiger charge is -2.17. The molecule has 0 bridgehead atoms. The lowest BCUT2D eigenvalue weighted by molar-refractivity contribution is -0.144. The second-order valence-corrected chi connectivity index (χ2v) is 5.86. The molecule has 122 valence electrons. The summed E-state index contributed by atoms with van der Waals surface area (Å²) in [5, 5.41) is 5.80. The number of esters is 1. The molecule has 0 N–H and O–H groups in total. The third kappa shape index (κ3) is 2.74. The standard InChI is InChI=1S/C17H20N2O4/c1-4-23-14(20)10-19-16(21)12-6-5-11(2)9-13(12)15(18-19)17(22-3)7-8-17/h5-6,9H,4,7-8,10H2,1-3H3. The van der Waals surface area contributed by atoms with E-state index in [1.807, 2.05) is 19.1 Å². The van der Waals surface area contributed by atoms with Crippen LogP contribution in [0.3, 0.4) is 0 Å². The van der Waals surface area contributed by atoms with Gasteiger partial charge in [-0.05, 0) is 38.8 Å². The second kappa shape index (κ2) is 5.77. The molecule has 1 saturated carbocycles. The van der Waals surface area contributed by atoms with Crippen LogP contribution in [0.1, 0.15) is 31.0 Å². The molecule has 1 aromatic carbocycles. The van der Waals surface area contributed by atoms with Crippen molar-refractivity contribution in [3.8, 4) is 0 Å². The molecule has 6 nitrogen and oxygen atoms in total. The minimum atomic E-state index is -0.471. The van der Waals surface area contributed by atoms with E-state index in [-0.39, 0.29) is 18.7 Å². The third-order valence-corrected chi connectivity index (χ3v) is 4.23. The molecule has 0 unspecified atom stereocenters. The number of aryl methyl sites for hydroxylation is 1. The summed E-state index contributed by atoms with van der Waals surface area (Å²) < 4.78 is 11.8. The van der Waals surface area contributed by atoms with Crippen LogP contribution in [0.5, 0.6) is 0 Å². The van der Waals surface area contributed by atoms with Gasteiger partial charge in [-0.3, -0.25) is 9.59 Å². The summed E-state index contributed by atoms with van der Waals surface area (Å²) in [6.07, 6.45) is 1.72. The van der Waals surface area contributed by atoms with Crippen molar-refractivity contribution in [2.45, 2.75) is 38.8 Å². The summed E-state index contributed by atoms with van der Waals surface area (Å²) in [7, 11) is 1.65. The van der Waals surface area contributed by atoms with Gasteiger partial charge in [0.2, 0.25) is 0 Å². The molecule has 1 aliphatic rings. The Morgan fingerprint density at radius 1 is 1.35 bits per heavy atom. The highest BCUT2D eigenvalue weighted by atomic mass is 16.5. The van der Waals surface area contributed by atoms with Crippen LogP contribution in [0.25, 0.3) is 10.8 Å². The van der Waals surface area contributed by atoms with Gasteiger partial charge >= 0.3 is 5.97 Å². The molecule has 0 atom stereocenters. The minimum absolute atomic E-state index is 0.191. The van der Waals surface area contributed by atoms with Crippen LogP contribution in [0.4, 0.5) is 0 Å². The molecule has 1 heterocycles. The SMILES string of the molecule is CCOC(=O)Cn1nc(C2(OC)CC2)c2cc(C)ccc2c1=O. The number of methoxy groups -OCH3 is 1. The molecule has 1 aliphatic carbocycles. The fraction of sp³-hybridized carbons (Fsp3) is 0.471. The maximum Gasteiger partial charge on any atom is 0.327 e. The molecule has 0 saturated heterocycles. The Labute approximate surface area is 134 Å². The van der Waals surface area contributed by atoms with Crippen LogP contribution < -0.4 is 5.56 Å². The Morgan fingerprint density at radius 3 is 2.70 bits per heavy atom. The zero-order valence-electron chi connectivity index (χ0n) is 13.6. The van der Waals surface area contributed by atoms with E-state index in [1.165, 1.54) is 4.68 Å². The molecule has 1 fully saturated rings. The maximum atomic E-state index is 12.6. The first-order valence-electron chi connectivity index (χ1n) is 7.73. The fourth-order valence-electron chi connectivity index (χ4n) is 2.82. The van der Waals surface area contributed by atoms with Gasteiger partial charge < -0.3 is 9.47 Å². The van der Waals surface area contributed by atoms with Gasteiger partial charge in [-0.1, -0.05) is 11.6 Å². The predicted octanol–water partition coefficient (Wildman–Crippen LogP) is 1.90. The van der Waals surface area contributed by atoms with Crippen LogP contribution in [-0.4, -0.2) is 29.5 Å². The Kier molecular flexibility index (Phi) is 3.93. The zero-order valence-corrected chi connectivity index (χ0v) is 13.6. The van der Waals surface area contributed by atoms with Crippen molar-refractivity contribution < 1.29 is 14.3 Å². The average Bonchev–Trinajstić information content (AvgIpc) is 3.31. The van der Waals surface area contributed by atoms with Gasteiger partial charge in [0.1, 0.15) is 17.8 Å². The number of ether oxygens (including phenoxy) is 2. The lowest BCUT2D eigenvalue weighted by atomic mass is 10.0.